The summed E-state index contributed by atoms with van der Waals surface area (Å²) in [5.41, 5.74) is 0. The quantitative estimate of drug-likeness (QED) is 0.661. The molecule has 1 fully saturated rings. The Balaban J connectivity index is 2.30. The van der Waals surface area contributed by atoms with Crippen LogP contribution < -0.4 is 0 Å². The normalized spacial score (nSPS) is 23.4. The largest absolute Gasteiger partial charge is 0.393 e. The van der Waals surface area contributed by atoms with E-state index < -0.39 is 0 Å². The molecule has 0 aromatic rings. The molecule has 1 heterocycles. The third-order valence-corrected chi connectivity index (χ3v) is 2.51. The first-order valence-corrected chi connectivity index (χ1v) is 4.53. The van der Waals surface area contributed by atoms with Crippen LogP contribution in [0.4, 0.5) is 0 Å². The Kier molecular flexibility index (Phi) is 3.51. The van der Waals surface area contributed by atoms with Gasteiger partial charge in [-0.2, -0.15) is 5.26 Å². The van der Waals surface area contributed by atoms with Gasteiger partial charge in [-0.1, -0.05) is 0 Å². The molecule has 1 saturated heterocycles. The maximum Gasteiger partial charge on any atom is 0.0638 e. The van der Waals surface area contributed by atoms with Crippen molar-refractivity contribution in [3.05, 3.63) is 0 Å². The minimum absolute atomic E-state index is 0.115. The van der Waals surface area contributed by atoms with E-state index in [0.717, 1.165) is 25.9 Å². The molecule has 0 bridgehead atoms. The lowest BCUT2D eigenvalue weighted by Crippen LogP contribution is -2.41. The SMILES string of the molecule is C[C@@H](CC#N)N1CCC(O)CC1. The van der Waals surface area contributed by atoms with Crippen molar-refractivity contribution < 1.29 is 5.11 Å². The van der Waals surface area contributed by atoms with Gasteiger partial charge in [0.05, 0.1) is 18.6 Å². The van der Waals surface area contributed by atoms with Gasteiger partial charge in [0, 0.05) is 19.1 Å². The second-order valence-corrected chi connectivity index (χ2v) is 3.48. The number of nitrogens with zero attached hydrogens (tertiary/aromatic N) is 2. The molecular weight excluding hydrogens is 152 g/mol. The highest BCUT2D eigenvalue weighted by molar-refractivity contribution is 4.82. The van der Waals surface area contributed by atoms with E-state index in [-0.39, 0.29) is 6.10 Å². The number of nitriles is 1. The van der Waals surface area contributed by atoms with Crippen molar-refractivity contribution in [1.29, 1.82) is 5.26 Å². The van der Waals surface area contributed by atoms with Gasteiger partial charge in [0.25, 0.3) is 0 Å². The third-order valence-electron chi connectivity index (χ3n) is 2.51. The van der Waals surface area contributed by atoms with Crippen molar-refractivity contribution in [2.24, 2.45) is 0 Å². The van der Waals surface area contributed by atoms with Gasteiger partial charge in [-0.3, -0.25) is 4.90 Å². The number of hydrogen-bond acceptors (Lipinski definition) is 3. The average Bonchev–Trinajstić information content (AvgIpc) is 2.06. The molecule has 1 rings (SSSR count). The lowest BCUT2D eigenvalue weighted by molar-refractivity contribution is 0.0657. The van der Waals surface area contributed by atoms with E-state index in [9.17, 15) is 5.11 Å². The lowest BCUT2D eigenvalue weighted by Gasteiger charge is -2.33. The second-order valence-electron chi connectivity index (χ2n) is 3.48. The molecule has 3 heteroatoms. The van der Waals surface area contributed by atoms with Crippen LogP contribution in [0.2, 0.25) is 0 Å². The highest BCUT2D eigenvalue weighted by Gasteiger charge is 2.20. The zero-order valence-electron chi connectivity index (χ0n) is 7.53. The van der Waals surface area contributed by atoms with Gasteiger partial charge in [-0.25, -0.2) is 0 Å². The summed E-state index contributed by atoms with van der Waals surface area (Å²) in [5, 5.41) is 17.7. The van der Waals surface area contributed by atoms with Crippen LogP contribution >= 0.6 is 0 Å². The molecule has 0 aromatic heterocycles. The summed E-state index contributed by atoms with van der Waals surface area (Å²) in [7, 11) is 0. The molecule has 3 nitrogen and oxygen atoms in total. The van der Waals surface area contributed by atoms with Crippen LogP contribution in [0.25, 0.3) is 0 Å². The van der Waals surface area contributed by atoms with E-state index in [0.29, 0.717) is 12.5 Å². The second kappa shape index (κ2) is 4.44. The predicted molar refractivity (Wildman–Crippen MR) is 46.5 cm³/mol. The van der Waals surface area contributed by atoms with Gasteiger partial charge >= 0.3 is 0 Å². The van der Waals surface area contributed by atoms with Crippen LogP contribution in [0.3, 0.4) is 0 Å². The Morgan fingerprint density at radius 1 is 1.58 bits per heavy atom. The molecule has 0 radical (unpaired) electrons. The Morgan fingerprint density at radius 2 is 2.17 bits per heavy atom. The van der Waals surface area contributed by atoms with Crippen LogP contribution in [-0.2, 0) is 0 Å². The summed E-state index contributed by atoms with van der Waals surface area (Å²) in [4.78, 5) is 2.27. The molecule has 1 aliphatic heterocycles. The van der Waals surface area contributed by atoms with Crippen molar-refractivity contribution in [1.82, 2.24) is 4.90 Å². The highest BCUT2D eigenvalue weighted by Crippen LogP contribution is 2.13. The Bertz CT molecular complexity index is 168. The fourth-order valence-corrected chi connectivity index (χ4v) is 1.59. The maximum absolute atomic E-state index is 9.25. The zero-order chi connectivity index (χ0) is 8.97. The number of hydrogen-bond donors (Lipinski definition) is 1. The van der Waals surface area contributed by atoms with Crippen molar-refractivity contribution in [2.75, 3.05) is 13.1 Å². The van der Waals surface area contributed by atoms with Crippen LogP contribution in [0.1, 0.15) is 26.2 Å². The molecule has 0 saturated carbocycles. The van der Waals surface area contributed by atoms with Gasteiger partial charge < -0.3 is 5.11 Å². The predicted octanol–water partition coefficient (Wildman–Crippen LogP) is 0.745. The summed E-state index contributed by atoms with van der Waals surface area (Å²) >= 11 is 0. The van der Waals surface area contributed by atoms with Crippen LogP contribution in [0, 0.1) is 11.3 Å². The minimum Gasteiger partial charge on any atom is -0.393 e. The summed E-state index contributed by atoms with van der Waals surface area (Å²) in [6.07, 6.45) is 2.19. The molecule has 68 valence electrons. The van der Waals surface area contributed by atoms with Gasteiger partial charge in [0.1, 0.15) is 0 Å². The number of rotatable bonds is 2. The first-order chi connectivity index (χ1) is 5.74. The molecule has 0 unspecified atom stereocenters. The smallest absolute Gasteiger partial charge is 0.0638 e. The summed E-state index contributed by atoms with van der Waals surface area (Å²) in [5.74, 6) is 0. The monoisotopic (exact) mass is 168 g/mol. The molecule has 1 atom stereocenters. The maximum atomic E-state index is 9.25. The molecule has 0 amide bonds. The number of aliphatic hydroxyl groups is 1. The van der Waals surface area contributed by atoms with Gasteiger partial charge in [-0.15, -0.1) is 0 Å². The number of aliphatic hydroxyl groups excluding tert-OH is 1. The van der Waals surface area contributed by atoms with Crippen molar-refractivity contribution in [2.45, 2.75) is 38.3 Å². The van der Waals surface area contributed by atoms with E-state index in [4.69, 9.17) is 5.26 Å². The zero-order valence-corrected chi connectivity index (χ0v) is 7.53. The summed E-state index contributed by atoms with van der Waals surface area (Å²) in [6, 6.07) is 2.52. The van der Waals surface area contributed by atoms with Gasteiger partial charge in [0.2, 0.25) is 0 Å². The van der Waals surface area contributed by atoms with Crippen molar-refractivity contribution >= 4 is 0 Å². The van der Waals surface area contributed by atoms with Gasteiger partial charge in [0.15, 0.2) is 0 Å². The van der Waals surface area contributed by atoms with E-state index >= 15 is 0 Å². The first-order valence-electron chi connectivity index (χ1n) is 4.53. The molecular formula is C9H16N2O. The highest BCUT2D eigenvalue weighted by atomic mass is 16.3. The van der Waals surface area contributed by atoms with Crippen molar-refractivity contribution in [3.8, 4) is 6.07 Å². The topological polar surface area (TPSA) is 47.3 Å². The standard InChI is InChI=1S/C9H16N2O/c1-8(2-5-10)11-6-3-9(12)4-7-11/h8-9,12H,2-4,6-7H2,1H3/t8-/m0/s1. The van der Waals surface area contributed by atoms with E-state index in [1.807, 2.05) is 0 Å². The van der Waals surface area contributed by atoms with Crippen LogP contribution in [-0.4, -0.2) is 35.2 Å². The van der Waals surface area contributed by atoms with E-state index in [2.05, 4.69) is 17.9 Å². The van der Waals surface area contributed by atoms with E-state index in [1.165, 1.54) is 0 Å². The molecule has 1 N–H and O–H groups in total. The van der Waals surface area contributed by atoms with Crippen LogP contribution in [0.15, 0.2) is 0 Å². The molecule has 0 aromatic carbocycles. The Labute approximate surface area is 73.6 Å². The first kappa shape index (κ1) is 9.50. The summed E-state index contributed by atoms with van der Waals surface area (Å²) < 4.78 is 0. The molecule has 0 aliphatic carbocycles. The minimum atomic E-state index is -0.115. The average molecular weight is 168 g/mol. The number of piperidine rings is 1. The van der Waals surface area contributed by atoms with Crippen LogP contribution in [0.5, 0.6) is 0 Å². The van der Waals surface area contributed by atoms with E-state index in [1.54, 1.807) is 0 Å². The third kappa shape index (κ3) is 2.47. The van der Waals surface area contributed by atoms with Crippen molar-refractivity contribution in [3.63, 3.8) is 0 Å². The molecule has 12 heavy (non-hydrogen) atoms. The fraction of sp³-hybridized carbons (Fsp3) is 0.889. The Hall–Kier alpha value is -0.590. The Morgan fingerprint density at radius 3 is 2.67 bits per heavy atom. The lowest BCUT2D eigenvalue weighted by atomic mass is 10.1. The fourth-order valence-electron chi connectivity index (χ4n) is 1.59. The number of likely N-dealkylation sites (tertiary alicyclic amines) is 1. The molecule has 1 aliphatic rings. The summed E-state index contributed by atoms with van der Waals surface area (Å²) in [6.45, 7) is 3.94. The molecule has 0 spiro atoms. The van der Waals surface area contributed by atoms with Gasteiger partial charge in [-0.05, 0) is 19.8 Å².